The molecule has 0 aliphatic heterocycles. The SMILES string of the molecule is C1CCCC(C2CCC2)CCCCCC(C2CCC2)CC1. The summed E-state index contributed by atoms with van der Waals surface area (Å²) in [5.74, 6) is 4.50. The zero-order valence-corrected chi connectivity index (χ0v) is 14.3. The van der Waals surface area contributed by atoms with Crippen molar-refractivity contribution in [2.75, 3.05) is 0 Å². The second kappa shape index (κ2) is 8.59. The van der Waals surface area contributed by atoms with Gasteiger partial charge in [0.1, 0.15) is 0 Å². The van der Waals surface area contributed by atoms with Gasteiger partial charge in [-0.15, -0.1) is 0 Å². The Kier molecular flexibility index (Phi) is 6.49. The van der Waals surface area contributed by atoms with Gasteiger partial charge in [0, 0.05) is 0 Å². The molecular weight excluding hydrogens is 252 g/mol. The molecule has 3 saturated carbocycles. The summed E-state index contributed by atoms with van der Waals surface area (Å²) in [5.41, 5.74) is 0. The average molecular weight is 291 g/mol. The van der Waals surface area contributed by atoms with Crippen LogP contribution in [0.5, 0.6) is 0 Å². The predicted molar refractivity (Wildman–Crippen MR) is 92.4 cm³/mol. The van der Waals surface area contributed by atoms with Crippen molar-refractivity contribution in [3.8, 4) is 0 Å². The Balaban J connectivity index is 1.44. The summed E-state index contributed by atoms with van der Waals surface area (Å²) in [7, 11) is 0. The van der Waals surface area contributed by atoms with Crippen molar-refractivity contribution in [2.24, 2.45) is 23.7 Å². The summed E-state index contributed by atoms with van der Waals surface area (Å²) in [4.78, 5) is 0. The highest BCUT2D eigenvalue weighted by Gasteiger charge is 2.28. The molecule has 0 radical (unpaired) electrons. The van der Waals surface area contributed by atoms with Gasteiger partial charge in [0.25, 0.3) is 0 Å². The minimum absolute atomic E-state index is 1.11. The molecular formula is C21H38. The van der Waals surface area contributed by atoms with E-state index in [1.54, 1.807) is 64.2 Å². The molecule has 122 valence electrons. The highest BCUT2D eigenvalue weighted by Crippen LogP contribution is 2.41. The molecule has 3 aliphatic carbocycles. The molecule has 0 aromatic carbocycles. The molecule has 21 heavy (non-hydrogen) atoms. The van der Waals surface area contributed by atoms with E-state index in [0.29, 0.717) is 0 Å². The van der Waals surface area contributed by atoms with E-state index < -0.39 is 0 Å². The molecule has 3 rings (SSSR count). The highest BCUT2D eigenvalue weighted by molar-refractivity contribution is 4.80. The van der Waals surface area contributed by atoms with Crippen LogP contribution in [-0.2, 0) is 0 Å². The van der Waals surface area contributed by atoms with Crippen LogP contribution in [0.3, 0.4) is 0 Å². The Labute approximate surface area is 133 Å². The van der Waals surface area contributed by atoms with Gasteiger partial charge in [-0.05, 0) is 23.7 Å². The Bertz CT molecular complexity index is 246. The summed E-state index contributed by atoms with van der Waals surface area (Å²) >= 11 is 0. The van der Waals surface area contributed by atoms with Gasteiger partial charge in [-0.2, -0.15) is 0 Å². The Morgan fingerprint density at radius 1 is 0.238 bits per heavy atom. The van der Waals surface area contributed by atoms with Gasteiger partial charge < -0.3 is 0 Å². The van der Waals surface area contributed by atoms with E-state index in [-0.39, 0.29) is 0 Å². The third-order valence-electron chi connectivity index (χ3n) is 7.18. The lowest BCUT2D eigenvalue weighted by atomic mass is 9.71. The predicted octanol–water partition coefficient (Wildman–Crippen LogP) is 7.12. The molecule has 0 aromatic heterocycles. The van der Waals surface area contributed by atoms with Crippen molar-refractivity contribution in [1.82, 2.24) is 0 Å². The van der Waals surface area contributed by atoms with E-state index in [1.165, 1.54) is 44.9 Å². The lowest BCUT2D eigenvalue weighted by Crippen LogP contribution is -2.22. The first-order valence-corrected chi connectivity index (χ1v) is 10.4. The Morgan fingerprint density at radius 3 is 0.714 bits per heavy atom. The fourth-order valence-electron chi connectivity index (χ4n) is 5.21. The molecule has 0 N–H and O–H groups in total. The molecule has 0 spiro atoms. The van der Waals surface area contributed by atoms with Gasteiger partial charge >= 0.3 is 0 Å². The van der Waals surface area contributed by atoms with Crippen molar-refractivity contribution in [3.05, 3.63) is 0 Å². The van der Waals surface area contributed by atoms with Crippen LogP contribution in [0.4, 0.5) is 0 Å². The molecule has 3 fully saturated rings. The van der Waals surface area contributed by atoms with E-state index in [1.807, 2.05) is 0 Å². The fourth-order valence-corrected chi connectivity index (χ4v) is 5.21. The zero-order chi connectivity index (χ0) is 14.3. The molecule has 0 heterocycles. The maximum atomic E-state index is 1.57. The van der Waals surface area contributed by atoms with E-state index in [2.05, 4.69) is 0 Å². The van der Waals surface area contributed by atoms with E-state index >= 15 is 0 Å². The van der Waals surface area contributed by atoms with Crippen LogP contribution in [0.1, 0.15) is 109 Å². The van der Waals surface area contributed by atoms with Crippen molar-refractivity contribution < 1.29 is 0 Å². The van der Waals surface area contributed by atoms with Crippen molar-refractivity contribution >= 4 is 0 Å². The maximum Gasteiger partial charge on any atom is -0.0386 e. The Hall–Kier alpha value is 0. The van der Waals surface area contributed by atoms with Crippen LogP contribution in [0.25, 0.3) is 0 Å². The summed E-state index contributed by atoms with van der Waals surface area (Å²) in [6.07, 6.45) is 26.3. The zero-order valence-electron chi connectivity index (χ0n) is 14.3. The van der Waals surface area contributed by atoms with E-state index in [4.69, 9.17) is 0 Å². The van der Waals surface area contributed by atoms with Crippen LogP contribution in [0.15, 0.2) is 0 Å². The molecule has 0 heteroatoms. The molecule has 3 aliphatic rings. The molecule has 2 unspecified atom stereocenters. The summed E-state index contributed by atoms with van der Waals surface area (Å²) in [6.45, 7) is 0. The maximum absolute atomic E-state index is 1.57. The van der Waals surface area contributed by atoms with Crippen molar-refractivity contribution in [3.63, 3.8) is 0 Å². The fraction of sp³-hybridized carbons (Fsp3) is 1.00. The smallest absolute Gasteiger partial charge is 0.0386 e. The van der Waals surface area contributed by atoms with Crippen LogP contribution in [-0.4, -0.2) is 0 Å². The largest absolute Gasteiger partial charge is 0.0533 e. The monoisotopic (exact) mass is 290 g/mol. The minimum Gasteiger partial charge on any atom is -0.0533 e. The quantitative estimate of drug-likeness (QED) is 0.507. The second-order valence-electron chi connectivity index (χ2n) is 8.53. The van der Waals surface area contributed by atoms with Gasteiger partial charge in [0.2, 0.25) is 0 Å². The van der Waals surface area contributed by atoms with Crippen LogP contribution in [0.2, 0.25) is 0 Å². The first-order chi connectivity index (χ1) is 10.4. The normalized spacial score (nSPS) is 34.9. The third kappa shape index (κ3) is 4.73. The van der Waals surface area contributed by atoms with Gasteiger partial charge in [0.15, 0.2) is 0 Å². The summed E-state index contributed by atoms with van der Waals surface area (Å²) in [5, 5.41) is 0. The molecule has 0 saturated heterocycles. The van der Waals surface area contributed by atoms with Crippen molar-refractivity contribution in [1.29, 1.82) is 0 Å². The molecule has 0 aromatic rings. The van der Waals surface area contributed by atoms with Gasteiger partial charge in [-0.25, -0.2) is 0 Å². The third-order valence-corrected chi connectivity index (χ3v) is 7.18. The minimum atomic E-state index is 1.11. The summed E-state index contributed by atoms with van der Waals surface area (Å²) < 4.78 is 0. The van der Waals surface area contributed by atoms with Crippen LogP contribution in [0, 0.1) is 23.7 Å². The summed E-state index contributed by atoms with van der Waals surface area (Å²) in [6, 6.07) is 0. The van der Waals surface area contributed by atoms with Crippen LogP contribution >= 0.6 is 0 Å². The first kappa shape index (κ1) is 15.9. The van der Waals surface area contributed by atoms with Crippen molar-refractivity contribution in [2.45, 2.75) is 109 Å². The number of hydrogen-bond donors (Lipinski definition) is 0. The lowest BCUT2D eigenvalue weighted by Gasteiger charge is -2.34. The number of rotatable bonds is 2. The van der Waals surface area contributed by atoms with Gasteiger partial charge in [-0.1, -0.05) is 109 Å². The van der Waals surface area contributed by atoms with E-state index in [0.717, 1.165) is 23.7 Å². The van der Waals surface area contributed by atoms with Crippen LogP contribution < -0.4 is 0 Å². The number of hydrogen-bond acceptors (Lipinski definition) is 0. The molecule has 0 amide bonds. The highest BCUT2D eigenvalue weighted by atomic mass is 14.3. The lowest BCUT2D eigenvalue weighted by molar-refractivity contribution is 0.174. The molecule has 0 bridgehead atoms. The second-order valence-corrected chi connectivity index (χ2v) is 8.53. The topological polar surface area (TPSA) is 0 Å². The van der Waals surface area contributed by atoms with Gasteiger partial charge in [-0.3, -0.25) is 0 Å². The Morgan fingerprint density at radius 2 is 0.476 bits per heavy atom. The first-order valence-electron chi connectivity index (χ1n) is 10.4. The van der Waals surface area contributed by atoms with Gasteiger partial charge in [0.05, 0.1) is 0 Å². The molecule has 0 nitrogen and oxygen atoms in total. The van der Waals surface area contributed by atoms with E-state index in [9.17, 15) is 0 Å². The average Bonchev–Trinajstić information content (AvgIpc) is 2.38. The molecule has 2 atom stereocenters. The standard InChI is InChI=1S/C21H38/c1-2-5-11-19(21-16-9-17-21)13-7-3-6-12-18(10-4-1)20-14-8-15-20/h18-21H,1-17H2.